The van der Waals surface area contributed by atoms with Gasteiger partial charge in [-0.1, -0.05) is 0 Å². The number of benzene rings is 1. The van der Waals surface area contributed by atoms with E-state index in [1.165, 1.54) is 6.07 Å². The molecule has 1 aromatic carbocycles. The molecule has 0 spiro atoms. The highest BCUT2D eigenvalue weighted by Crippen LogP contribution is 2.23. The molecule has 0 N–H and O–H groups in total. The standard InChI is InChI=1S/C16H22N2O4/c1-11(2)17(14-6-8-22-9-7-14)16(19)13-4-5-15(18(20)21)12(3)10-13/h4-5,10-11,14H,6-9H2,1-3H3. The Balaban J connectivity index is 2.27. The van der Waals surface area contributed by atoms with E-state index in [1.807, 2.05) is 18.7 Å². The monoisotopic (exact) mass is 306 g/mol. The number of carbonyl (C=O) groups excluding carboxylic acids is 1. The van der Waals surface area contributed by atoms with Gasteiger partial charge in [0.2, 0.25) is 0 Å². The number of hydrogen-bond acceptors (Lipinski definition) is 4. The predicted octanol–water partition coefficient (Wildman–Crippen LogP) is 2.93. The summed E-state index contributed by atoms with van der Waals surface area (Å²) < 4.78 is 5.36. The van der Waals surface area contributed by atoms with Crippen LogP contribution < -0.4 is 0 Å². The Hall–Kier alpha value is -1.95. The van der Waals surface area contributed by atoms with Crippen molar-refractivity contribution in [2.75, 3.05) is 13.2 Å². The summed E-state index contributed by atoms with van der Waals surface area (Å²) in [4.78, 5) is 25.2. The molecule has 1 aliphatic rings. The average Bonchev–Trinajstić information content (AvgIpc) is 2.47. The molecule has 22 heavy (non-hydrogen) atoms. The number of nitro groups is 1. The van der Waals surface area contributed by atoms with E-state index in [9.17, 15) is 14.9 Å². The highest BCUT2D eigenvalue weighted by Gasteiger charge is 2.29. The minimum absolute atomic E-state index is 0.0405. The van der Waals surface area contributed by atoms with Gasteiger partial charge in [0, 0.05) is 42.5 Å². The number of amides is 1. The van der Waals surface area contributed by atoms with Crippen LogP contribution in [0.5, 0.6) is 0 Å². The molecule has 1 heterocycles. The third kappa shape index (κ3) is 3.44. The van der Waals surface area contributed by atoms with Gasteiger partial charge in [0.1, 0.15) is 0 Å². The lowest BCUT2D eigenvalue weighted by atomic mass is 10.0. The number of aryl methyl sites for hydroxylation is 1. The van der Waals surface area contributed by atoms with Crippen molar-refractivity contribution in [3.63, 3.8) is 0 Å². The lowest BCUT2D eigenvalue weighted by molar-refractivity contribution is -0.385. The molecule has 0 radical (unpaired) electrons. The lowest BCUT2D eigenvalue weighted by Gasteiger charge is -2.37. The fourth-order valence-corrected chi connectivity index (χ4v) is 2.93. The number of hydrogen-bond donors (Lipinski definition) is 0. The summed E-state index contributed by atoms with van der Waals surface area (Å²) in [5, 5.41) is 10.9. The van der Waals surface area contributed by atoms with Gasteiger partial charge in [-0.25, -0.2) is 0 Å². The minimum Gasteiger partial charge on any atom is -0.381 e. The van der Waals surface area contributed by atoms with Crippen LogP contribution >= 0.6 is 0 Å². The van der Waals surface area contributed by atoms with Crippen molar-refractivity contribution >= 4 is 11.6 Å². The zero-order valence-corrected chi connectivity index (χ0v) is 13.2. The minimum atomic E-state index is -0.428. The molecule has 1 aromatic rings. The van der Waals surface area contributed by atoms with Crippen molar-refractivity contribution < 1.29 is 14.5 Å². The molecule has 0 aliphatic carbocycles. The van der Waals surface area contributed by atoms with E-state index in [0.717, 1.165) is 12.8 Å². The molecule has 1 saturated heterocycles. The molecule has 1 fully saturated rings. The van der Waals surface area contributed by atoms with Gasteiger partial charge in [0.25, 0.3) is 11.6 Å². The fraction of sp³-hybridized carbons (Fsp3) is 0.562. The normalized spacial score (nSPS) is 15.8. The van der Waals surface area contributed by atoms with E-state index in [2.05, 4.69) is 0 Å². The average molecular weight is 306 g/mol. The fourth-order valence-electron chi connectivity index (χ4n) is 2.93. The molecular weight excluding hydrogens is 284 g/mol. The molecule has 2 rings (SSSR count). The van der Waals surface area contributed by atoms with Crippen molar-refractivity contribution in [2.24, 2.45) is 0 Å². The molecule has 0 saturated carbocycles. The Labute approximate surface area is 130 Å². The van der Waals surface area contributed by atoms with E-state index in [1.54, 1.807) is 19.1 Å². The van der Waals surface area contributed by atoms with E-state index in [0.29, 0.717) is 24.3 Å². The largest absolute Gasteiger partial charge is 0.381 e. The van der Waals surface area contributed by atoms with Gasteiger partial charge in [-0.05, 0) is 45.7 Å². The number of nitrogens with zero attached hydrogens (tertiary/aromatic N) is 2. The lowest BCUT2D eigenvalue weighted by Crippen LogP contribution is -2.47. The van der Waals surface area contributed by atoms with Crippen molar-refractivity contribution in [1.29, 1.82) is 0 Å². The van der Waals surface area contributed by atoms with Crippen LogP contribution in [0.4, 0.5) is 5.69 Å². The Morgan fingerprint density at radius 1 is 1.36 bits per heavy atom. The van der Waals surface area contributed by atoms with Gasteiger partial charge < -0.3 is 9.64 Å². The molecule has 1 amide bonds. The van der Waals surface area contributed by atoms with Crippen LogP contribution in [0.25, 0.3) is 0 Å². The molecule has 6 heteroatoms. The Bertz CT molecular complexity index is 565. The molecule has 0 aromatic heterocycles. The Kier molecular flexibility index (Phi) is 5.13. The maximum absolute atomic E-state index is 12.8. The number of carbonyl (C=O) groups is 1. The van der Waals surface area contributed by atoms with Crippen LogP contribution in [0.15, 0.2) is 18.2 Å². The first-order valence-corrected chi connectivity index (χ1v) is 7.57. The predicted molar refractivity (Wildman–Crippen MR) is 83.0 cm³/mol. The summed E-state index contributed by atoms with van der Waals surface area (Å²) in [6.07, 6.45) is 1.66. The second-order valence-electron chi connectivity index (χ2n) is 5.91. The molecular formula is C16H22N2O4. The van der Waals surface area contributed by atoms with Crippen molar-refractivity contribution in [1.82, 2.24) is 4.90 Å². The zero-order chi connectivity index (χ0) is 16.3. The first-order valence-electron chi connectivity index (χ1n) is 7.57. The number of ether oxygens (including phenoxy) is 1. The molecule has 0 atom stereocenters. The molecule has 120 valence electrons. The third-order valence-electron chi connectivity index (χ3n) is 4.02. The van der Waals surface area contributed by atoms with Gasteiger partial charge in [-0.3, -0.25) is 14.9 Å². The number of nitro benzene ring substituents is 1. The summed E-state index contributed by atoms with van der Waals surface area (Å²) in [6, 6.07) is 4.80. The molecule has 0 unspecified atom stereocenters. The summed E-state index contributed by atoms with van der Waals surface area (Å²) in [5.74, 6) is -0.0695. The number of rotatable bonds is 4. The van der Waals surface area contributed by atoms with Gasteiger partial charge in [0.05, 0.1) is 4.92 Å². The highest BCUT2D eigenvalue weighted by atomic mass is 16.6. The van der Waals surface area contributed by atoms with Crippen molar-refractivity contribution in [2.45, 2.75) is 45.7 Å². The third-order valence-corrected chi connectivity index (χ3v) is 4.02. The van der Waals surface area contributed by atoms with E-state index in [4.69, 9.17) is 4.74 Å². The van der Waals surface area contributed by atoms with Gasteiger partial charge in [-0.15, -0.1) is 0 Å². The second kappa shape index (κ2) is 6.87. The van der Waals surface area contributed by atoms with Crippen LogP contribution in [0.3, 0.4) is 0 Å². The summed E-state index contributed by atoms with van der Waals surface area (Å²) in [6.45, 7) is 6.97. The van der Waals surface area contributed by atoms with Crippen LogP contribution in [0, 0.1) is 17.0 Å². The maximum Gasteiger partial charge on any atom is 0.272 e. The van der Waals surface area contributed by atoms with E-state index in [-0.39, 0.29) is 23.7 Å². The van der Waals surface area contributed by atoms with Crippen LogP contribution in [-0.2, 0) is 4.74 Å². The van der Waals surface area contributed by atoms with Crippen LogP contribution in [0.1, 0.15) is 42.6 Å². The Morgan fingerprint density at radius 2 is 2.00 bits per heavy atom. The van der Waals surface area contributed by atoms with Crippen LogP contribution in [0.2, 0.25) is 0 Å². The maximum atomic E-state index is 12.8. The van der Waals surface area contributed by atoms with Gasteiger partial charge in [0.15, 0.2) is 0 Å². The van der Waals surface area contributed by atoms with Crippen molar-refractivity contribution in [3.05, 3.63) is 39.4 Å². The van der Waals surface area contributed by atoms with Crippen LogP contribution in [-0.4, -0.2) is 41.0 Å². The highest BCUT2D eigenvalue weighted by molar-refractivity contribution is 5.95. The van der Waals surface area contributed by atoms with Crippen molar-refractivity contribution in [3.8, 4) is 0 Å². The first kappa shape index (κ1) is 16.4. The van der Waals surface area contributed by atoms with E-state index >= 15 is 0 Å². The molecule has 6 nitrogen and oxygen atoms in total. The van der Waals surface area contributed by atoms with Gasteiger partial charge in [-0.2, -0.15) is 0 Å². The van der Waals surface area contributed by atoms with E-state index < -0.39 is 4.92 Å². The zero-order valence-electron chi connectivity index (χ0n) is 13.2. The molecule has 1 aliphatic heterocycles. The quantitative estimate of drug-likeness (QED) is 0.633. The van der Waals surface area contributed by atoms with Gasteiger partial charge >= 0.3 is 0 Å². The summed E-state index contributed by atoms with van der Waals surface area (Å²) in [5.41, 5.74) is 1.05. The second-order valence-corrected chi connectivity index (χ2v) is 5.91. The molecule has 0 bridgehead atoms. The summed E-state index contributed by atoms with van der Waals surface area (Å²) >= 11 is 0. The first-order chi connectivity index (χ1) is 10.4. The SMILES string of the molecule is Cc1cc(C(=O)N(C(C)C)C2CCOCC2)ccc1[N+](=O)[O-]. The summed E-state index contributed by atoms with van der Waals surface area (Å²) in [7, 11) is 0. The Morgan fingerprint density at radius 3 is 2.50 bits per heavy atom. The smallest absolute Gasteiger partial charge is 0.272 e. The topological polar surface area (TPSA) is 72.7 Å².